The first-order valence-corrected chi connectivity index (χ1v) is 22.2. The van der Waals surface area contributed by atoms with E-state index in [0.29, 0.717) is 6.07 Å². The van der Waals surface area contributed by atoms with E-state index in [1.807, 2.05) is 0 Å². The topological polar surface area (TPSA) is 92.3 Å². The van der Waals surface area contributed by atoms with Gasteiger partial charge in [-0.1, -0.05) is 58.1 Å². The van der Waals surface area contributed by atoms with Crippen LogP contribution in [0.2, 0.25) is 17.1 Å². The Bertz CT molecular complexity index is 2070. The van der Waals surface area contributed by atoms with Gasteiger partial charge in [-0.15, -0.1) is 0 Å². The summed E-state index contributed by atoms with van der Waals surface area (Å²) < 4.78 is 291. The summed E-state index contributed by atoms with van der Waals surface area (Å²) in [5.74, 6) is -59.8. The first kappa shape index (κ1) is 60.4. The molecule has 2 aromatic carbocycles. The average molecular weight is 1050 g/mol. The molecule has 0 unspecified atom stereocenters. The van der Waals surface area contributed by atoms with Crippen molar-refractivity contribution < 1.29 is 116 Å². The maximum absolute atomic E-state index is 15.0. The number of allylic oxidation sites excluding steroid dienone is 2. The van der Waals surface area contributed by atoms with Crippen LogP contribution in [0.4, 0.5) is 93.9 Å². The van der Waals surface area contributed by atoms with E-state index in [9.17, 15) is 84.2 Å². The molecule has 392 valence electrons. The Morgan fingerprint density at radius 3 is 1.70 bits per heavy atom. The molecule has 69 heavy (non-hydrogen) atoms. The summed E-state index contributed by atoms with van der Waals surface area (Å²) in [6, 6.07) is 6.06. The van der Waals surface area contributed by atoms with Crippen LogP contribution in [0.5, 0.6) is 5.75 Å². The Hall–Kier alpha value is -4.73. The van der Waals surface area contributed by atoms with Gasteiger partial charge in [0.25, 0.3) is 0 Å². The molecular weight excluding hydrogens is 1010 g/mol. The summed E-state index contributed by atoms with van der Waals surface area (Å²) in [5.41, 5.74) is -2.17. The zero-order chi connectivity index (χ0) is 53.4. The molecule has 2 atom stereocenters. The van der Waals surface area contributed by atoms with Crippen LogP contribution in [0.3, 0.4) is 0 Å². The van der Waals surface area contributed by atoms with Crippen LogP contribution >= 0.6 is 0 Å². The number of halogens is 19. The van der Waals surface area contributed by atoms with Crippen LogP contribution in [-0.4, -0.2) is 101 Å². The highest BCUT2D eigenvalue weighted by atomic mass is 28.4. The van der Waals surface area contributed by atoms with Crippen molar-refractivity contribution in [3.8, 4) is 5.75 Å². The number of ether oxygens (including phenoxy) is 4. The molecule has 0 fully saturated rings. The maximum Gasteiger partial charge on any atom is 0.460 e. The van der Waals surface area contributed by atoms with E-state index in [1.54, 1.807) is 6.92 Å². The number of hydrogen-bond acceptors (Lipinski definition) is 7. The van der Waals surface area contributed by atoms with Crippen LogP contribution in [0.15, 0.2) is 66.8 Å². The molecule has 28 heteroatoms. The van der Waals surface area contributed by atoms with Crippen molar-refractivity contribution in [3.63, 3.8) is 0 Å². The first-order chi connectivity index (χ1) is 31.4. The van der Waals surface area contributed by atoms with Gasteiger partial charge in [0.2, 0.25) is 0 Å². The number of nitrogens with one attached hydrogen (secondary N) is 1. The van der Waals surface area contributed by atoms with Crippen molar-refractivity contribution >= 4 is 26.1 Å². The number of anilines is 1. The molecular formula is C41H44F19NO7Si. The van der Waals surface area contributed by atoms with E-state index in [-0.39, 0.29) is 17.9 Å². The van der Waals surface area contributed by atoms with Gasteiger partial charge in [-0.3, -0.25) is 5.32 Å². The summed E-state index contributed by atoms with van der Waals surface area (Å²) in [5, 5.41) is 2.10. The number of hydrogen-bond donors (Lipinski definition) is 1. The zero-order valence-electron chi connectivity index (χ0n) is 36.7. The van der Waals surface area contributed by atoms with Gasteiger partial charge in [0.1, 0.15) is 30.1 Å². The number of carbonyl (C=O) groups excluding carboxylic acids is 2. The molecule has 0 radical (unpaired) electrons. The predicted octanol–water partition coefficient (Wildman–Crippen LogP) is 13.5. The van der Waals surface area contributed by atoms with Crippen molar-refractivity contribution in [2.75, 3.05) is 32.2 Å². The fraction of sp³-hybridized carbons (Fsp3) is 0.561. The molecule has 0 aliphatic heterocycles. The Morgan fingerprint density at radius 1 is 0.696 bits per heavy atom. The van der Waals surface area contributed by atoms with E-state index in [0.717, 1.165) is 18.2 Å². The molecule has 1 N–H and O–H groups in total. The Kier molecular flexibility index (Phi) is 19.7. The summed E-state index contributed by atoms with van der Waals surface area (Å²) in [4.78, 5) is 24.6. The van der Waals surface area contributed by atoms with Gasteiger partial charge in [-0.25, -0.2) is 18.4 Å². The maximum atomic E-state index is 15.0. The minimum absolute atomic E-state index is 0.00637. The number of carbonyl (C=O) groups is 2. The lowest BCUT2D eigenvalue weighted by molar-refractivity contribution is -0.461. The molecule has 2 rings (SSSR count). The Labute approximate surface area is 382 Å². The number of rotatable bonds is 25. The Balaban J connectivity index is 2.35. The highest BCUT2D eigenvalue weighted by Gasteiger charge is 2.95. The molecule has 0 heterocycles. The lowest BCUT2D eigenvalue weighted by Gasteiger charge is -2.44. The molecule has 0 aliphatic carbocycles. The second kappa shape index (κ2) is 22.6. The standard InChI is InChI=1S/C41H44F19NO7Si/c1-7-65-31(62)11-9-8-10-30(64-6)32(68-33(63)61-29-17-14-26(42)22-28(29)43)25-12-15-27(16-13-25)66-19-20-67-69(23(2)3,24(4)5)21-18-34(44,45)35(46,47)36(48,49)37(50,51)38(52,53)39(54,55)40(56,57)41(58,59)60/h8-17,22-24,30,32H,7,18-21H2,1-6H3,(H,61,63)/b10-8+,11-9+/t30-,32-/m1/s1. The van der Waals surface area contributed by atoms with Crippen LogP contribution in [0.25, 0.3) is 0 Å². The van der Waals surface area contributed by atoms with E-state index in [1.165, 1.54) is 77.3 Å². The van der Waals surface area contributed by atoms with E-state index in [2.05, 4.69) is 5.32 Å². The fourth-order valence-electron chi connectivity index (χ4n) is 6.47. The minimum Gasteiger partial charge on any atom is -0.491 e. The SMILES string of the molecule is CCOC(=O)/C=C/C=C/[C@@H](OC)[C@H](OC(=O)Nc1ccc(F)cc1F)c1ccc(OCCO[Si](CCC(F)(F)C(F)(F)C(F)(F)C(F)(F)C(F)(F)C(F)(F)C(F)(F)C(F)(F)F)(C(C)C)C(C)C)cc1. The first-order valence-electron chi connectivity index (χ1n) is 19.9. The molecule has 0 aromatic heterocycles. The molecule has 0 saturated carbocycles. The molecule has 0 bridgehead atoms. The van der Waals surface area contributed by atoms with E-state index in [4.69, 9.17) is 23.4 Å². The average Bonchev–Trinajstić information content (AvgIpc) is 3.23. The number of methoxy groups -OCH3 is 1. The van der Waals surface area contributed by atoms with Crippen LogP contribution < -0.4 is 10.1 Å². The molecule has 0 saturated heterocycles. The van der Waals surface area contributed by atoms with E-state index >= 15 is 8.78 Å². The van der Waals surface area contributed by atoms with Gasteiger partial charge in [-0.05, 0) is 53.9 Å². The number of alkyl halides is 17. The van der Waals surface area contributed by atoms with Gasteiger partial charge in [0, 0.05) is 25.7 Å². The second-order valence-electron chi connectivity index (χ2n) is 15.5. The molecule has 8 nitrogen and oxygen atoms in total. The minimum atomic E-state index is -8.73. The third kappa shape index (κ3) is 12.8. The van der Waals surface area contributed by atoms with Gasteiger partial charge >= 0.3 is 59.7 Å². The normalized spacial score (nSPS) is 15.0. The van der Waals surface area contributed by atoms with Crippen molar-refractivity contribution in [1.29, 1.82) is 0 Å². The summed E-state index contributed by atoms with van der Waals surface area (Å²) in [6.07, 6.45) is -9.22. The van der Waals surface area contributed by atoms with E-state index < -0.39 is 134 Å². The van der Waals surface area contributed by atoms with Crippen LogP contribution in [0, 0.1) is 11.6 Å². The zero-order valence-corrected chi connectivity index (χ0v) is 37.7. The quantitative estimate of drug-likeness (QED) is 0.0264. The van der Waals surface area contributed by atoms with Crippen molar-refractivity contribution in [2.24, 2.45) is 0 Å². The number of benzene rings is 2. The predicted molar refractivity (Wildman–Crippen MR) is 209 cm³/mol. The molecule has 2 aromatic rings. The summed E-state index contributed by atoms with van der Waals surface area (Å²) in [7, 11) is -2.87. The van der Waals surface area contributed by atoms with Gasteiger partial charge in [0.05, 0.1) is 18.9 Å². The van der Waals surface area contributed by atoms with Crippen molar-refractivity contribution in [2.45, 2.75) is 118 Å². The smallest absolute Gasteiger partial charge is 0.460 e. The highest BCUT2D eigenvalue weighted by molar-refractivity contribution is 6.76. The lowest BCUT2D eigenvalue weighted by atomic mass is 9.88. The van der Waals surface area contributed by atoms with Crippen molar-refractivity contribution in [1.82, 2.24) is 0 Å². The summed E-state index contributed by atoms with van der Waals surface area (Å²) >= 11 is 0. The number of amides is 1. The lowest BCUT2D eigenvalue weighted by Crippen LogP contribution is -2.74. The van der Waals surface area contributed by atoms with Crippen LogP contribution in [-0.2, 0) is 23.4 Å². The number of esters is 1. The summed E-state index contributed by atoms with van der Waals surface area (Å²) in [6.45, 7) is 5.67. The third-order valence-electron chi connectivity index (χ3n) is 10.4. The molecule has 1 amide bonds. The van der Waals surface area contributed by atoms with Crippen molar-refractivity contribution in [3.05, 3.63) is 84.0 Å². The van der Waals surface area contributed by atoms with Gasteiger partial charge < -0.3 is 23.4 Å². The third-order valence-corrected chi connectivity index (χ3v) is 16.1. The van der Waals surface area contributed by atoms with Gasteiger partial charge in [0.15, 0.2) is 14.4 Å². The van der Waals surface area contributed by atoms with Gasteiger partial charge in [-0.2, -0.15) is 74.6 Å². The fourth-order valence-corrected chi connectivity index (χ4v) is 10.9. The monoisotopic (exact) mass is 1050 g/mol. The molecule has 0 aliphatic rings. The van der Waals surface area contributed by atoms with Crippen LogP contribution in [0.1, 0.15) is 52.7 Å². The largest absolute Gasteiger partial charge is 0.491 e. The highest BCUT2D eigenvalue weighted by Crippen LogP contribution is 2.64. The second-order valence-corrected chi connectivity index (χ2v) is 20.5. The Morgan fingerprint density at radius 2 is 1.22 bits per heavy atom. The molecule has 0 spiro atoms.